The molecule has 4 rings (SSSR count). The van der Waals surface area contributed by atoms with Gasteiger partial charge >= 0.3 is 0 Å². The van der Waals surface area contributed by atoms with Gasteiger partial charge in [-0.15, -0.1) is 6.42 Å². The fourth-order valence-corrected chi connectivity index (χ4v) is 3.48. The first-order valence-corrected chi connectivity index (χ1v) is 9.52. The number of methoxy groups -OCH3 is 1. The van der Waals surface area contributed by atoms with Crippen molar-refractivity contribution < 1.29 is 19.1 Å². The molecule has 0 unspecified atom stereocenters. The van der Waals surface area contributed by atoms with Gasteiger partial charge in [-0.1, -0.05) is 30.2 Å². The number of fused-ring (bicyclic) bond motifs is 1. The van der Waals surface area contributed by atoms with Crippen LogP contribution in [0.2, 0.25) is 0 Å². The number of ether oxygens (including phenoxy) is 1. The van der Waals surface area contributed by atoms with E-state index in [-0.39, 0.29) is 23.9 Å². The molecule has 3 aromatic carbocycles. The SMILES string of the molecule is C#Cc1cccc(NC(=O)c2cc(CN3C(=O)c4ccccc4C3=O)ccc2OC)c1. The van der Waals surface area contributed by atoms with Crippen LogP contribution in [0, 0.1) is 12.3 Å². The summed E-state index contributed by atoms with van der Waals surface area (Å²) in [5.74, 6) is 1.80. The van der Waals surface area contributed by atoms with Crippen molar-refractivity contribution in [3.63, 3.8) is 0 Å². The molecule has 1 aliphatic rings. The minimum atomic E-state index is -0.393. The van der Waals surface area contributed by atoms with Crippen LogP contribution in [0.3, 0.4) is 0 Å². The summed E-state index contributed by atoms with van der Waals surface area (Å²) in [5.41, 5.74) is 2.86. The lowest BCUT2D eigenvalue weighted by Gasteiger charge is -2.16. The van der Waals surface area contributed by atoms with Crippen LogP contribution < -0.4 is 10.1 Å². The molecule has 3 aromatic rings. The third kappa shape index (κ3) is 3.77. The maximum Gasteiger partial charge on any atom is 0.261 e. The largest absolute Gasteiger partial charge is 0.496 e. The quantitative estimate of drug-likeness (QED) is 0.514. The van der Waals surface area contributed by atoms with Crippen LogP contribution in [0.1, 0.15) is 42.2 Å². The Hall–Kier alpha value is -4.37. The third-order valence-corrected chi connectivity index (χ3v) is 5.01. The first-order chi connectivity index (χ1) is 15.0. The Morgan fingerprint density at radius 2 is 1.71 bits per heavy atom. The molecule has 0 saturated heterocycles. The van der Waals surface area contributed by atoms with E-state index in [9.17, 15) is 14.4 Å². The minimum Gasteiger partial charge on any atom is -0.496 e. The number of terminal acetylenes is 1. The van der Waals surface area contributed by atoms with Crippen LogP contribution in [0.4, 0.5) is 5.69 Å². The molecular weight excluding hydrogens is 392 g/mol. The fraction of sp³-hybridized carbons (Fsp3) is 0.0800. The number of anilines is 1. The Labute approximate surface area is 179 Å². The van der Waals surface area contributed by atoms with Gasteiger partial charge in [0.25, 0.3) is 17.7 Å². The number of hydrogen-bond acceptors (Lipinski definition) is 4. The lowest BCUT2D eigenvalue weighted by molar-refractivity contribution is 0.0642. The van der Waals surface area contributed by atoms with Crippen LogP contribution >= 0.6 is 0 Å². The van der Waals surface area contributed by atoms with Crippen LogP contribution in [0.25, 0.3) is 0 Å². The number of amides is 3. The van der Waals surface area contributed by atoms with Crippen molar-refractivity contribution in [2.75, 3.05) is 12.4 Å². The first kappa shape index (κ1) is 19.9. The third-order valence-electron chi connectivity index (χ3n) is 5.01. The van der Waals surface area contributed by atoms with Gasteiger partial charge in [0.1, 0.15) is 5.75 Å². The molecule has 152 valence electrons. The molecule has 6 nitrogen and oxygen atoms in total. The average Bonchev–Trinajstić information content (AvgIpc) is 3.04. The van der Waals surface area contributed by atoms with Gasteiger partial charge in [0.05, 0.1) is 30.3 Å². The fourth-order valence-electron chi connectivity index (χ4n) is 3.48. The summed E-state index contributed by atoms with van der Waals surface area (Å²) in [6.45, 7) is 0.0448. The topological polar surface area (TPSA) is 75.7 Å². The Morgan fingerprint density at radius 1 is 1.00 bits per heavy atom. The van der Waals surface area contributed by atoms with Crippen LogP contribution in [0.15, 0.2) is 66.7 Å². The van der Waals surface area contributed by atoms with E-state index in [2.05, 4.69) is 11.2 Å². The molecule has 0 aromatic heterocycles. The summed E-state index contributed by atoms with van der Waals surface area (Å²) >= 11 is 0. The number of carbonyl (C=O) groups excluding carboxylic acids is 3. The van der Waals surface area contributed by atoms with Crippen LogP contribution in [0.5, 0.6) is 5.75 Å². The van der Waals surface area contributed by atoms with E-state index in [1.165, 1.54) is 12.0 Å². The molecule has 0 saturated carbocycles. The summed E-state index contributed by atoms with van der Waals surface area (Å²) < 4.78 is 5.33. The zero-order valence-electron chi connectivity index (χ0n) is 16.7. The number of benzene rings is 3. The Morgan fingerprint density at radius 3 is 2.35 bits per heavy atom. The molecule has 6 heteroatoms. The van der Waals surface area contributed by atoms with Crippen molar-refractivity contribution in [1.29, 1.82) is 0 Å². The summed E-state index contributed by atoms with van der Waals surface area (Å²) in [7, 11) is 1.47. The van der Waals surface area contributed by atoms with Crippen LogP contribution in [-0.2, 0) is 6.54 Å². The van der Waals surface area contributed by atoms with E-state index in [4.69, 9.17) is 11.2 Å². The summed E-state index contributed by atoms with van der Waals surface area (Å²) in [6.07, 6.45) is 5.42. The molecule has 0 radical (unpaired) electrons. The highest BCUT2D eigenvalue weighted by Gasteiger charge is 2.35. The molecular formula is C25H18N2O4. The smallest absolute Gasteiger partial charge is 0.261 e. The second-order valence-corrected chi connectivity index (χ2v) is 6.96. The summed E-state index contributed by atoms with van der Waals surface area (Å²) in [6, 6.07) is 18.6. The van der Waals surface area contributed by atoms with Gasteiger partial charge in [-0.3, -0.25) is 19.3 Å². The van der Waals surface area contributed by atoms with Crippen molar-refractivity contribution in [3.8, 4) is 18.1 Å². The molecule has 0 bridgehead atoms. The number of nitrogens with zero attached hydrogens (tertiary/aromatic N) is 1. The van der Waals surface area contributed by atoms with Gasteiger partial charge in [0, 0.05) is 11.3 Å². The maximum absolute atomic E-state index is 12.9. The Bertz CT molecular complexity index is 1220. The predicted octanol–water partition coefficient (Wildman–Crippen LogP) is 3.73. The number of hydrogen-bond donors (Lipinski definition) is 1. The van der Waals surface area contributed by atoms with Gasteiger partial charge < -0.3 is 10.1 Å². The van der Waals surface area contributed by atoms with Crippen molar-refractivity contribution >= 4 is 23.4 Å². The van der Waals surface area contributed by atoms with E-state index in [0.29, 0.717) is 33.7 Å². The Kier molecular flexibility index (Phi) is 5.25. The number of imide groups is 1. The average molecular weight is 410 g/mol. The highest BCUT2D eigenvalue weighted by atomic mass is 16.5. The van der Waals surface area contributed by atoms with Gasteiger partial charge in [-0.25, -0.2) is 0 Å². The molecule has 0 aliphatic carbocycles. The highest BCUT2D eigenvalue weighted by Crippen LogP contribution is 2.27. The normalized spacial score (nSPS) is 12.3. The van der Waals surface area contributed by atoms with Gasteiger partial charge in [-0.05, 0) is 48.0 Å². The van der Waals surface area contributed by atoms with Crippen LogP contribution in [-0.4, -0.2) is 29.7 Å². The van der Waals surface area contributed by atoms with Crippen molar-refractivity contribution in [1.82, 2.24) is 4.90 Å². The minimum absolute atomic E-state index is 0.0448. The highest BCUT2D eigenvalue weighted by molar-refractivity contribution is 6.21. The molecule has 1 heterocycles. The van der Waals surface area contributed by atoms with E-state index in [1.54, 1.807) is 66.7 Å². The molecule has 31 heavy (non-hydrogen) atoms. The molecule has 1 N–H and O–H groups in total. The van der Waals surface area contributed by atoms with Gasteiger partial charge in [0.2, 0.25) is 0 Å². The zero-order chi connectivity index (χ0) is 22.0. The van der Waals surface area contributed by atoms with Crippen molar-refractivity contribution in [2.45, 2.75) is 6.54 Å². The second kappa shape index (κ2) is 8.17. The zero-order valence-corrected chi connectivity index (χ0v) is 16.7. The molecule has 1 aliphatic heterocycles. The maximum atomic E-state index is 12.9. The summed E-state index contributed by atoms with van der Waals surface area (Å²) in [4.78, 5) is 39.4. The standard InChI is InChI=1S/C25H18N2O4/c1-3-16-7-6-8-18(13-16)26-23(28)21-14-17(11-12-22(21)31-2)15-27-24(29)19-9-4-5-10-20(19)25(27)30/h1,4-14H,15H2,2H3,(H,26,28). The number of carbonyl (C=O) groups is 3. The van der Waals surface area contributed by atoms with Crippen molar-refractivity contribution in [3.05, 3.63) is 94.5 Å². The predicted molar refractivity (Wildman–Crippen MR) is 116 cm³/mol. The first-order valence-electron chi connectivity index (χ1n) is 9.52. The molecule has 0 atom stereocenters. The van der Waals surface area contributed by atoms with E-state index in [0.717, 1.165) is 0 Å². The van der Waals surface area contributed by atoms with E-state index < -0.39 is 5.91 Å². The molecule has 3 amide bonds. The van der Waals surface area contributed by atoms with Gasteiger partial charge in [-0.2, -0.15) is 0 Å². The second-order valence-electron chi connectivity index (χ2n) is 6.96. The lowest BCUT2D eigenvalue weighted by Crippen LogP contribution is -2.29. The number of rotatable bonds is 5. The lowest BCUT2D eigenvalue weighted by atomic mass is 10.1. The molecule has 0 spiro atoms. The summed E-state index contributed by atoms with van der Waals surface area (Å²) in [5, 5.41) is 2.80. The van der Waals surface area contributed by atoms with Crippen molar-refractivity contribution in [2.24, 2.45) is 0 Å². The van der Waals surface area contributed by atoms with Gasteiger partial charge in [0.15, 0.2) is 0 Å². The molecule has 0 fully saturated rings. The monoisotopic (exact) mass is 410 g/mol. The Balaban J connectivity index is 1.59. The van der Waals surface area contributed by atoms with E-state index in [1.807, 2.05) is 0 Å². The number of nitrogens with one attached hydrogen (secondary N) is 1. The van der Waals surface area contributed by atoms with E-state index >= 15 is 0 Å².